The first-order chi connectivity index (χ1) is 9.40. The summed E-state index contributed by atoms with van der Waals surface area (Å²) in [6, 6.07) is 9.49. The van der Waals surface area contributed by atoms with Crippen LogP contribution in [0.25, 0.3) is 0 Å². The van der Waals surface area contributed by atoms with Crippen molar-refractivity contribution in [1.29, 1.82) is 0 Å². The van der Waals surface area contributed by atoms with Crippen molar-refractivity contribution in [3.8, 4) is 0 Å². The second kappa shape index (κ2) is 5.67. The molecule has 0 unspecified atom stereocenters. The number of hydrogen-bond acceptors (Lipinski definition) is 3. The van der Waals surface area contributed by atoms with E-state index in [1.165, 1.54) is 4.88 Å². The molecule has 0 saturated carbocycles. The van der Waals surface area contributed by atoms with Gasteiger partial charge < -0.3 is 11.1 Å². The van der Waals surface area contributed by atoms with Gasteiger partial charge in [-0.15, -0.1) is 11.3 Å². The molecule has 0 aliphatic rings. The highest BCUT2D eigenvalue weighted by Crippen LogP contribution is 2.26. The van der Waals surface area contributed by atoms with Crippen molar-refractivity contribution in [2.24, 2.45) is 0 Å². The van der Waals surface area contributed by atoms with E-state index < -0.39 is 0 Å². The van der Waals surface area contributed by atoms with Gasteiger partial charge in [0.15, 0.2) is 0 Å². The number of thiophene rings is 1. The van der Waals surface area contributed by atoms with Crippen LogP contribution in [0, 0.1) is 6.92 Å². The Morgan fingerprint density at radius 3 is 2.70 bits per heavy atom. The lowest BCUT2D eigenvalue weighted by atomic mass is 9.91. The van der Waals surface area contributed by atoms with Gasteiger partial charge in [-0.1, -0.05) is 19.9 Å². The van der Waals surface area contributed by atoms with Crippen LogP contribution >= 0.6 is 11.3 Å². The smallest absolute Gasteiger partial charge is 0.251 e. The van der Waals surface area contributed by atoms with E-state index in [2.05, 4.69) is 30.6 Å². The Balaban J connectivity index is 2.05. The summed E-state index contributed by atoms with van der Waals surface area (Å²) in [5.41, 5.74) is 7.90. The predicted molar refractivity (Wildman–Crippen MR) is 85.3 cm³/mol. The fourth-order valence-corrected chi connectivity index (χ4v) is 2.94. The molecule has 0 bridgehead atoms. The number of nitrogens with two attached hydrogens (primary N) is 1. The van der Waals surface area contributed by atoms with Crippen LogP contribution in [0.1, 0.15) is 34.6 Å². The number of amides is 1. The van der Waals surface area contributed by atoms with E-state index >= 15 is 0 Å². The van der Waals surface area contributed by atoms with Gasteiger partial charge in [-0.25, -0.2) is 0 Å². The third-order valence-electron chi connectivity index (χ3n) is 3.37. The maximum absolute atomic E-state index is 12.2. The Kier molecular flexibility index (Phi) is 4.14. The normalized spacial score (nSPS) is 11.3. The van der Waals surface area contributed by atoms with Crippen molar-refractivity contribution in [1.82, 2.24) is 5.32 Å². The van der Waals surface area contributed by atoms with Crippen molar-refractivity contribution in [3.05, 3.63) is 51.7 Å². The van der Waals surface area contributed by atoms with Gasteiger partial charge in [0.1, 0.15) is 0 Å². The average Bonchev–Trinajstić information content (AvgIpc) is 2.90. The summed E-state index contributed by atoms with van der Waals surface area (Å²) >= 11 is 1.71. The Morgan fingerprint density at radius 2 is 2.10 bits per heavy atom. The minimum Gasteiger partial charge on any atom is -0.399 e. The maximum Gasteiger partial charge on any atom is 0.251 e. The Bertz CT molecular complexity index is 603. The number of benzene rings is 1. The molecule has 0 radical (unpaired) electrons. The molecule has 0 saturated heterocycles. The van der Waals surface area contributed by atoms with Gasteiger partial charge in [0, 0.05) is 28.1 Å². The van der Waals surface area contributed by atoms with Gasteiger partial charge in [0.2, 0.25) is 0 Å². The molecule has 0 aliphatic heterocycles. The third-order valence-corrected chi connectivity index (χ3v) is 4.61. The molecule has 0 atom stereocenters. The number of rotatable bonds is 4. The van der Waals surface area contributed by atoms with E-state index in [0.29, 0.717) is 17.8 Å². The van der Waals surface area contributed by atoms with Crippen molar-refractivity contribution in [3.63, 3.8) is 0 Å². The molecule has 0 spiro atoms. The lowest BCUT2D eigenvalue weighted by Crippen LogP contribution is -2.36. The maximum atomic E-state index is 12.2. The van der Waals surface area contributed by atoms with Gasteiger partial charge in [0.25, 0.3) is 5.91 Å². The molecule has 2 rings (SSSR count). The number of nitrogen functional groups attached to an aromatic ring is 1. The molecule has 0 aliphatic carbocycles. The SMILES string of the molecule is Cc1cc(N)ccc1C(=O)NCC(C)(C)c1cccs1. The molecule has 2 aromatic rings. The molecule has 3 N–H and O–H groups in total. The summed E-state index contributed by atoms with van der Waals surface area (Å²) in [4.78, 5) is 13.5. The molecule has 1 heterocycles. The minimum atomic E-state index is -0.0639. The van der Waals surface area contributed by atoms with Gasteiger partial charge in [-0.2, -0.15) is 0 Å². The molecule has 1 amide bonds. The number of carbonyl (C=O) groups excluding carboxylic acids is 1. The monoisotopic (exact) mass is 288 g/mol. The summed E-state index contributed by atoms with van der Waals surface area (Å²) in [7, 11) is 0. The van der Waals surface area contributed by atoms with Crippen molar-refractivity contribution in [2.45, 2.75) is 26.2 Å². The first-order valence-electron chi connectivity index (χ1n) is 6.58. The highest BCUT2D eigenvalue weighted by Gasteiger charge is 2.23. The topological polar surface area (TPSA) is 55.1 Å². The Morgan fingerprint density at radius 1 is 1.35 bits per heavy atom. The van der Waals surface area contributed by atoms with Crippen LogP contribution in [0.15, 0.2) is 35.7 Å². The Hall–Kier alpha value is -1.81. The predicted octanol–water partition coefficient (Wildman–Crippen LogP) is 3.35. The van der Waals surface area contributed by atoms with Crippen LogP contribution in [0.2, 0.25) is 0 Å². The molecule has 106 valence electrons. The Labute approximate surface area is 123 Å². The lowest BCUT2D eigenvalue weighted by molar-refractivity contribution is 0.0945. The number of hydrogen-bond donors (Lipinski definition) is 2. The zero-order valence-corrected chi connectivity index (χ0v) is 12.9. The zero-order chi connectivity index (χ0) is 14.8. The van der Waals surface area contributed by atoms with Crippen LogP contribution < -0.4 is 11.1 Å². The number of aryl methyl sites for hydroxylation is 1. The fraction of sp³-hybridized carbons (Fsp3) is 0.312. The average molecular weight is 288 g/mol. The zero-order valence-electron chi connectivity index (χ0n) is 12.1. The molecule has 4 heteroatoms. The summed E-state index contributed by atoms with van der Waals surface area (Å²) in [6.45, 7) is 6.77. The van der Waals surface area contributed by atoms with E-state index in [-0.39, 0.29) is 11.3 Å². The van der Waals surface area contributed by atoms with Gasteiger partial charge >= 0.3 is 0 Å². The second-order valence-corrected chi connectivity index (χ2v) is 6.57. The second-order valence-electron chi connectivity index (χ2n) is 5.62. The fourth-order valence-electron chi connectivity index (χ4n) is 2.09. The third kappa shape index (κ3) is 3.20. The van der Waals surface area contributed by atoms with E-state index in [4.69, 9.17) is 5.73 Å². The minimum absolute atomic E-state index is 0.0490. The molecule has 0 fully saturated rings. The molecule has 20 heavy (non-hydrogen) atoms. The molecule has 3 nitrogen and oxygen atoms in total. The molecular weight excluding hydrogens is 268 g/mol. The summed E-state index contributed by atoms with van der Waals surface area (Å²) in [5.74, 6) is -0.0490. The van der Waals surface area contributed by atoms with Crippen molar-refractivity contribution in [2.75, 3.05) is 12.3 Å². The van der Waals surface area contributed by atoms with Crippen LogP contribution in [0.4, 0.5) is 5.69 Å². The molecule has 1 aromatic heterocycles. The highest BCUT2D eigenvalue weighted by molar-refractivity contribution is 7.10. The van der Waals surface area contributed by atoms with E-state index in [9.17, 15) is 4.79 Å². The van der Waals surface area contributed by atoms with Crippen molar-refractivity contribution >= 4 is 22.9 Å². The van der Waals surface area contributed by atoms with Gasteiger partial charge in [0.05, 0.1) is 0 Å². The molecule has 1 aromatic carbocycles. The highest BCUT2D eigenvalue weighted by atomic mass is 32.1. The van der Waals surface area contributed by atoms with E-state index in [1.54, 1.807) is 23.5 Å². The van der Waals surface area contributed by atoms with Crippen molar-refractivity contribution < 1.29 is 4.79 Å². The summed E-state index contributed by atoms with van der Waals surface area (Å²) in [6.07, 6.45) is 0. The summed E-state index contributed by atoms with van der Waals surface area (Å²) in [5, 5.41) is 5.07. The van der Waals surface area contributed by atoms with Crippen LogP contribution in [-0.2, 0) is 5.41 Å². The largest absolute Gasteiger partial charge is 0.399 e. The van der Waals surface area contributed by atoms with E-state index in [1.807, 2.05) is 19.1 Å². The molecular formula is C16H20N2OS. The summed E-state index contributed by atoms with van der Waals surface area (Å²) < 4.78 is 0. The number of anilines is 1. The standard InChI is InChI=1S/C16H20N2OS/c1-11-9-12(17)6-7-13(11)15(19)18-10-16(2,3)14-5-4-8-20-14/h4-9H,10,17H2,1-3H3,(H,18,19). The van der Waals surface area contributed by atoms with E-state index in [0.717, 1.165) is 5.56 Å². The number of nitrogens with one attached hydrogen (secondary N) is 1. The van der Waals surface area contributed by atoms with Crippen LogP contribution in [0.3, 0.4) is 0 Å². The van der Waals surface area contributed by atoms with Crippen LogP contribution in [-0.4, -0.2) is 12.5 Å². The quantitative estimate of drug-likeness (QED) is 0.848. The van der Waals surface area contributed by atoms with Gasteiger partial charge in [-0.05, 0) is 42.1 Å². The first kappa shape index (κ1) is 14.6. The van der Waals surface area contributed by atoms with Crippen LogP contribution in [0.5, 0.6) is 0 Å². The first-order valence-corrected chi connectivity index (χ1v) is 7.46. The number of carbonyl (C=O) groups is 1. The lowest BCUT2D eigenvalue weighted by Gasteiger charge is -2.23. The van der Waals surface area contributed by atoms with Gasteiger partial charge in [-0.3, -0.25) is 4.79 Å².